The Labute approximate surface area is 131 Å². The second-order valence-corrected chi connectivity index (χ2v) is 10.8. The Morgan fingerprint density at radius 3 is 2.19 bits per heavy atom. The Kier molecular flexibility index (Phi) is 7.42. The van der Waals surface area contributed by atoms with Crippen molar-refractivity contribution < 1.29 is 8.78 Å². The van der Waals surface area contributed by atoms with Gasteiger partial charge in [0.15, 0.2) is 0 Å². The van der Waals surface area contributed by atoms with Gasteiger partial charge in [0, 0.05) is 14.7 Å². The Morgan fingerprint density at radius 2 is 1.62 bits per heavy atom. The molecule has 21 heavy (non-hydrogen) atoms. The van der Waals surface area contributed by atoms with Gasteiger partial charge in [-0.2, -0.15) is 0 Å². The molecule has 0 amide bonds. The van der Waals surface area contributed by atoms with Crippen LogP contribution in [0.2, 0.25) is 18.1 Å². The largest absolute Gasteiger partial charge is 0.213 e. The predicted octanol–water partition coefficient (Wildman–Crippen LogP) is 6.40. The summed E-state index contributed by atoms with van der Waals surface area (Å²) in [6.07, 6.45) is 11.3. The van der Waals surface area contributed by atoms with Crippen molar-refractivity contribution in [3.63, 3.8) is 0 Å². The zero-order chi connectivity index (χ0) is 15.1. The van der Waals surface area contributed by atoms with Gasteiger partial charge in [-0.15, -0.1) is 0 Å². The summed E-state index contributed by atoms with van der Waals surface area (Å²) in [6, 6.07) is 4.67. The first-order chi connectivity index (χ1) is 10.2. The summed E-state index contributed by atoms with van der Waals surface area (Å²) < 4.78 is 25.5. The first-order valence-corrected chi connectivity index (χ1v) is 11.6. The van der Waals surface area contributed by atoms with Gasteiger partial charge in [0.25, 0.3) is 0 Å². The Morgan fingerprint density at radius 1 is 1.00 bits per heavy atom. The molecule has 0 N–H and O–H groups in total. The first kappa shape index (κ1) is 17.2. The van der Waals surface area contributed by atoms with Crippen molar-refractivity contribution >= 4 is 8.80 Å². The lowest BCUT2D eigenvalue weighted by Crippen LogP contribution is -2.28. The van der Waals surface area contributed by atoms with Crippen molar-refractivity contribution in [1.82, 2.24) is 0 Å². The van der Waals surface area contributed by atoms with Crippen LogP contribution in [0.1, 0.15) is 64.7 Å². The zero-order valence-corrected chi connectivity index (χ0v) is 14.8. The maximum Gasteiger partial charge on any atom is 0.131 e. The summed E-state index contributed by atoms with van der Waals surface area (Å²) in [4.78, 5) is 0. The molecule has 122 valence electrons. The molecule has 0 aromatic carbocycles. The van der Waals surface area contributed by atoms with Gasteiger partial charge in [-0.3, -0.25) is 0 Å². The summed E-state index contributed by atoms with van der Waals surface area (Å²) in [5.74, 6) is 1.07. The lowest BCUT2D eigenvalue weighted by atomic mass is 9.73. The van der Waals surface area contributed by atoms with E-state index in [0.717, 1.165) is 37.5 Å². The minimum Gasteiger partial charge on any atom is -0.213 e. The van der Waals surface area contributed by atoms with Gasteiger partial charge in [0.2, 0.25) is 0 Å². The summed E-state index contributed by atoms with van der Waals surface area (Å²) in [6.45, 7) is 2.29. The van der Waals surface area contributed by atoms with E-state index in [1.54, 1.807) is 18.1 Å². The lowest BCUT2D eigenvalue weighted by molar-refractivity contribution is 0.192. The van der Waals surface area contributed by atoms with Crippen molar-refractivity contribution in [1.29, 1.82) is 0 Å². The summed E-state index contributed by atoms with van der Waals surface area (Å²) >= 11 is 0. The van der Waals surface area contributed by atoms with E-state index in [1.165, 1.54) is 32.1 Å². The summed E-state index contributed by atoms with van der Waals surface area (Å²) in [5.41, 5.74) is 0. The fourth-order valence-electron chi connectivity index (χ4n) is 4.59. The van der Waals surface area contributed by atoms with Crippen LogP contribution in [0.5, 0.6) is 0 Å². The molecular formula is C18H32F2Si. The second kappa shape index (κ2) is 9.07. The molecule has 0 aromatic heterocycles. The molecular weight excluding hydrogens is 282 g/mol. The molecule has 0 bridgehead atoms. The van der Waals surface area contributed by atoms with Crippen LogP contribution in [0.15, 0.2) is 12.2 Å². The van der Waals surface area contributed by atoms with Gasteiger partial charge in [0.05, 0.1) is 0 Å². The number of hydrogen-bond acceptors (Lipinski definition) is 0. The number of allylic oxidation sites excluding steroid dienone is 1. The van der Waals surface area contributed by atoms with Crippen LogP contribution in [-0.2, 0) is 0 Å². The van der Waals surface area contributed by atoms with Gasteiger partial charge in [-0.05, 0) is 37.5 Å². The van der Waals surface area contributed by atoms with Crippen LogP contribution in [-0.4, -0.2) is 8.80 Å². The molecule has 0 spiro atoms. The van der Waals surface area contributed by atoms with Crippen molar-refractivity contribution in [2.75, 3.05) is 0 Å². The van der Waals surface area contributed by atoms with Crippen molar-refractivity contribution in [2.45, 2.75) is 82.8 Å². The highest BCUT2D eigenvalue weighted by molar-refractivity contribution is 6.58. The number of rotatable bonds is 6. The maximum absolute atomic E-state index is 13.3. The molecule has 2 fully saturated rings. The molecule has 3 heteroatoms. The fourth-order valence-corrected chi connectivity index (χ4v) is 8.12. The topological polar surface area (TPSA) is 0 Å². The van der Waals surface area contributed by atoms with Gasteiger partial charge in [-0.25, -0.2) is 8.78 Å². The van der Waals surface area contributed by atoms with Crippen molar-refractivity contribution in [3.8, 4) is 0 Å². The second-order valence-electron chi connectivity index (χ2n) is 7.38. The average Bonchev–Trinajstić information content (AvgIpc) is 2.55. The Bertz CT molecular complexity index is 313. The van der Waals surface area contributed by atoms with Crippen LogP contribution < -0.4 is 0 Å². The number of halogens is 2. The quantitative estimate of drug-likeness (QED) is 0.393. The van der Waals surface area contributed by atoms with Crippen LogP contribution in [0, 0.1) is 17.8 Å². The van der Waals surface area contributed by atoms with E-state index in [2.05, 4.69) is 6.92 Å². The monoisotopic (exact) mass is 314 g/mol. The van der Waals surface area contributed by atoms with Crippen molar-refractivity contribution in [2.24, 2.45) is 17.8 Å². The van der Waals surface area contributed by atoms with Crippen molar-refractivity contribution in [3.05, 3.63) is 12.2 Å². The molecule has 0 unspecified atom stereocenters. The van der Waals surface area contributed by atoms with E-state index in [4.69, 9.17) is 0 Å². The first-order valence-electron chi connectivity index (χ1n) is 9.20. The normalized spacial score (nSPS) is 34.9. The van der Waals surface area contributed by atoms with E-state index in [0.29, 0.717) is 0 Å². The highest BCUT2D eigenvalue weighted by atomic mass is 28.3. The molecule has 1 aliphatic carbocycles. The number of hydrogen-bond donors (Lipinski definition) is 0. The fraction of sp³-hybridized carbons (Fsp3) is 0.889. The molecule has 0 atom stereocenters. The molecule has 1 saturated heterocycles. The lowest BCUT2D eigenvalue weighted by Gasteiger charge is -2.37. The van der Waals surface area contributed by atoms with Gasteiger partial charge in [-0.1, -0.05) is 57.2 Å². The molecule has 2 rings (SSSR count). The Balaban J connectivity index is 1.67. The van der Waals surface area contributed by atoms with E-state index < -0.39 is 14.6 Å². The van der Waals surface area contributed by atoms with Gasteiger partial charge in [0.1, 0.15) is 12.2 Å². The highest BCUT2D eigenvalue weighted by Gasteiger charge is 2.32. The minimum absolute atomic E-state index is 0.119. The van der Waals surface area contributed by atoms with Crippen LogP contribution in [0.4, 0.5) is 8.78 Å². The molecule has 1 aliphatic heterocycles. The molecule has 1 saturated carbocycles. The molecule has 2 aliphatic rings. The maximum atomic E-state index is 13.3. The summed E-state index contributed by atoms with van der Waals surface area (Å²) in [7, 11) is -0.403. The predicted molar refractivity (Wildman–Crippen MR) is 89.6 cm³/mol. The third-order valence-electron chi connectivity index (χ3n) is 6.04. The SMILES string of the molecule is CCCCC[SiH]1CCC([C@H]2CC[C@H](/C(F)=C/F)CC2)CC1. The van der Waals surface area contributed by atoms with Gasteiger partial charge >= 0.3 is 0 Å². The Hall–Kier alpha value is -0.183. The molecule has 1 heterocycles. The third kappa shape index (κ3) is 5.19. The van der Waals surface area contributed by atoms with Crippen LogP contribution >= 0.6 is 0 Å². The van der Waals surface area contributed by atoms with Gasteiger partial charge < -0.3 is 0 Å². The molecule has 0 nitrogen and oxygen atoms in total. The van der Waals surface area contributed by atoms with E-state index in [9.17, 15) is 8.78 Å². The van der Waals surface area contributed by atoms with Crippen LogP contribution in [0.3, 0.4) is 0 Å². The zero-order valence-electron chi connectivity index (χ0n) is 13.6. The average molecular weight is 315 g/mol. The number of unbranched alkanes of at least 4 members (excludes halogenated alkanes) is 2. The minimum atomic E-state index is -0.513. The van der Waals surface area contributed by atoms with E-state index in [1.807, 2.05) is 0 Å². The van der Waals surface area contributed by atoms with Crippen LogP contribution in [0.25, 0.3) is 0 Å². The standard InChI is InChI=1S/C18H32F2Si/c1-2-3-4-11-21-12-9-16(10-13-21)15-5-7-17(8-6-15)18(20)14-19/h14-17,21H,2-13H2,1H3/b18-14-/t15-,16?,17-,21?. The third-order valence-corrected chi connectivity index (χ3v) is 9.56. The molecule has 0 radical (unpaired) electrons. The van der Waals surface area contributed by atoms with E-state index >= 15 is 0 Å². The highest BCUT2D eigenvalue weighted by Crippen LogP contribution is 2.42. The smallest absolute Gasteiger partial charge is 0.131 e. The molecule has 0 aromatic rings. The van der Waals surface area contributed by atoms with E-state index in [-0.39, 0.29) is 12.2 Å². The summed E-state index contributed by atoms with van der Waals surface area (Å²) in [5, 5.41) is 0.